The predicted molar refractivity (Wildman–Crippen MR) is 71.8 cm³/mol. The molecule has 0 aromatic heterocycles. The highest BCUT2D eigenvalue weighted by Crippen LogP contribution is 2.29. The van der Waals surface area contributed by atoms with Crippen molar-refractivity contribution in [1.29, 1.82) is 0 Å². The minimum Gasteiger partial charge on any atom is -0.478 e. The molecule has 7 nitrogen and oxygen atoms in total. The summed E-state index contributed by atoms with van der Waals surface area (Å²) in [6.45, 7) is 1.62. The van der Waals surface area contributed by atoms with Crippen LogP contribution >= 0.6 is 0 Å². The molecule has 1 fully saturated rings. The number of hydrogen-bond acceptors (Lipinski definition) is 5. The van der Waals surface area contributed by atoms with E-state index in [4.69, 9.17) is 10.8 Å². The second kappa shape index (κ2) is 4.72. The number of nitrogens with zero attached hydrogens (tertiary/aromatic N) is 1. The van der Waals surface area contributed by atoms with Crippen LogP contribution in [0.4, 0.5) is 5.69 Å². The van der Waals surface area contributed by atoms with Crippen molar-refractivity contribution in [2.75, 3.05) is 18.8 Å². The Hall–Kier alpha value is -1.64. The SMILES string of the molecule is CC1(O)CCN(S(=O)(=O)c2cc(N)ccc2C(=O)O)C1. The van der Waals surface area contributed by atoms with Crippen LogP contribution in [0, 0.1) is 0 Å². The van der Waals surface area contributed by atoms with Crippen LogP contribution in [0.25, 0.3) is 0 Å². The lowest BCUT2D eigenvalue weighted by Crippen LogP contribution is -2.34. The first-order valence-corrected chi connectivity index (χ1v) is 7.43. The van der Waals surface area contributed by atoms with Crippen LogP contribution in [0.2, 0.25) is 0 Å². The fourth-order valence-electron chi connectivity index (χ4n) is 2.18. The first-order chi connectivity index (χ1) is 9.13. The van der Waals surface area contributed by atoms with Crippen LogP contribution in [-0.2, 0) is 10.0 Å². The number of aliphatic hydroxyl groups is 1. The fourth-order valence-corrected chi connectivity index (χ4v) is 3.95. The standard InChI is InChI=1S/C12H16N2O5S/c1-12(17)4-5-14(7-12)20(18,19)10-6-8(13)2-3-9(10)11(15)16/h2-3,6,17H,4-5,7,13H2,1H3,(H,15,16). The van der Waals surface area contributed by atoms with E-state index in [1.54, 1.807) is 6.92 Å². The first-order valence-electron chi connectivity index (χ1n) is 5.99. The maximum absolute atomic E-state index is 12.5. The van der Waals surface area contributed by atoms with Gasteiger partial charge in [0.25, 0.3) is 0 Å². The van der Waals surface area contributed by atoms with Gasteiger partial charge in [-0.1, -0.05) is 0 Å². The Morgan fingerprint density at radius 1 is 1.45 bits per heavy atom. The number of anilines is 1. The van der Waals surface area contributed by atoms with Crippen LogP contribution in [0.3, 0.4) is 0 Å². The van der Waals surface area contributed by atoms with E-state index in [1.807, 2.05) is 0 Å². The predicted octanol–water partition coefficient (Wildman–Crippen LogP) is 0.112. The molecule has 1 aromatic carbocycles. The minimum atomic E-state index is -4.00. The Morgan fingerprint density at radius 2 is 2.10 bits per heavy atom. The van der Waals surface area contributed by atoms with Gasteiger partial charge in [-0.05, 0) is 31.5 Å². The zero-order chi connectivity index (χ0) is 15.1. The molecule has 4 N–H and O–H groups in total. The van der Waals surface area contributed by atoms with Gasteiger partial charge in [-0.25, -0.2) is 13.2 Å². The average Bonchev–Trinajstić information content (AvgIpc) is 2.70. The normalized spacial score (nSPS) is 23.9. The van der Waals surface area contributed by atoms with Crippen LogP contribution < -0.4 is 5.73 Å². The maximum Gasteiger partial charge on any atom is 0.337 e. The number of hydrogen-bond donors (Lipinski definition) is 3. The molecule has 1 aliphatic heterocycles. The van der Waals surface area contributed by atoms with E-state index in [-0.39, 0.29) is 29.2 Å². The number of nitrogen functional groups attached to an aromatic ring is 1. The van der Waals surface area contributed by atoms with Gasteiger partial charge in [-0.15, -0.1) is 0 Å². The van der Waals surface area contributed by atoms with Gasteiger partial charge in [0.2, 0.25) is 10.0 Å². The lowest BCUT2D eigenvalue weighted by atomic mass is 10.1. The molecule has 1 unspecified atom stereocenters. The lowest BCUT2D eigenvalue weighted by molar-refractivity contribution is 0.0692. The summed E-state index contributed by atoms with van der Waals surface area (Å²) < 4.78 is 26.1. The van der Waals surface area contributed by atoms with Crippen molar-refractivity contribution in [3.05, 3.63) is 23.8 Å². The summed E-state index contributed by atoms with van der Waals surface area (Å²) in [7, 11) is -4.00. The smallest absolute Gasteiger partial charge is 0.337 e. The second-order valence-electron chi connectivity index (χ2n) is 5.15. The Morgan fingerprint density at radius 3 is 2.60 bits per heavy atom. The molecule has 1 saturated heterocycles. The molecule has 1 aromatic rings. The molecule has 0 radical (unpaired) electrons. The van der Waals surface area contributed by atoms with E-state index in [1.165, 1.54) is 12.1 Å². The molecule has 0 spiro atoms. The highest BCUT2D eigenvalue weighted by atomic mass is 32.2. The van der Waals surface area contributed by atoms with Crippen LogP contribution in [0.1, 0.15) is 23.7 Å². The van der Waals surface area contributed by atoms with Gasteiger partial charge in [0, 0.05) is 18.8 Å². The van der Waals surface area contributed by atoms with Crippen LogP contribution in [-0.4, -0.2) is 47.6 Å². The lowest BCUT2D eigenvalue weighted by Gasteiger charge is -2.20. The van der Waals surface area contributed by atoms with E-state index >= 15 is 0 Å². The minimum absolute atomic E-state index is 0.0663. The van der Waals surface area contributed by atoms with E-state index in [2.05, 4.69) is 0 Å². The van der Waals surface area contributed by atoms with E-state index in [0.717, 1.165) is 10.4 Å². The topological polar surface area (TPSA) is 121 Å². The van der Waals surface area contributed by atoms with Crippen LogP contribution in [0.5, 0.6) is 0 Å². The number of benzene rings is 1. The molecule has 0 amide bonds. The summed E-state index contributed by atoms with van der Waals surface area (Å²) in [5.41, 5.74) is 4.29. The Bertz CT molecular complexity index is 654. The zero-order valence-corrected chi connectivity index (χ0v) is 11.7. The van der Waals surface area contributed by atoms with Gasteiger partial charge in [0.15, 0.2) is 0 Å². The third-order valence-electron chi connectivity index (χ3n) is 3.27. The van der Waals surface area contributed by atoms with Crippen molar-refractivity contribution in [2.24, 2.45) is 0 Å². The fraction of sp³-hybridized carbons (Fsp3) is 0.417. The maximum atomic E-state index is 12.5. The van der Waals surface area contributed by atoms with Crippen molar-refractivity contribution < 1.29 is 23.4 Å². The largest absolute Gasteiger partial charge is 0.478 e. The Balaban J connectivity index is 2.50. The molecule has 20 heavy (non-hydrogen) atoms. The highest BCUT2D eigenvalue weighted by Gasteiger charge is 2.39. The molecule has 8 heteroatoms. The van der Waals surface area contributed by atoms with Crippen molar-refractivity contribution in [3.63, 3.8) is 0 Å². The molecular weight excluding hydrogens is 284 g/mol. The summed E-state index contributed by atoms with van der Waals surface area (Å²) in [5, 5.41) is 19.0. The molecular formula is C12H16N2O5S. The summed E-state index contributed by atoms with van der Waals surface area (Å²) in [4.78, 5) is 10.8. The quantitative estimate of drug-likeness (QED) is 0.681. The molecule has 0 saturated carbocycles. The summed E-state index contributed by atoms with van der Waals surface area (Å²) in [6.07, 6.45) is 0.303. The molecule has 1 atom stereocenters. The molecule has 1 heterocycles. The number of carboxylic acid groups (broad SMARTS) is 1. The molecule has 1 aliphatic rings. The Labute approximate surface area is 116 Å². The summed E-state index contributed by atoms with van der Waals surface area (Å²) >= 11 is 0. The number of carbonyl (C=O) groups is 1. The highest BCUT2D eigenvalue weighted by molar-refractivity contribution is 7.89. The van der Waals surface area contributed by atoms with E-state index in [0.29, 0.717) is 6.42 Å². The van der Waals surface area contributed by atoms with Crippen molar-refractivity contribution >= 4 is 21.7 Å². The number of rotatable bonds is 3. The number of aromatic carboxylic acids is 1. The third kappa shape index (κ3) is 2.62. The van der Waals surface area contributed by atoms with Gasteiger partial charge < -0.3 is 15.9 Å². The van der Waals surface area contributed by atoms with E-state index < -0.39 is 21.6 Å². The van der Waals surface area contributed by atoms with Crippen molar-refractivity contribution in [3.8, 4) is 0 Å². The number of carboxylic acids is 1. The Kier molecular flexibility index (Phi) is 3.49. The second-order valence-corrected chi connectivity index (χ2v) is 7.05. The first kappa shape index (κ1) is 14.8. The van der Waals surface area contributed by atoms with Crippen molar-refractivity contribution in [2.45, 2.75) is 23.8 Å². The number of β-amino-alcohol motifs (C(OH)–C–C–N with tert-alkyl or cyclic N) is 1. The van der Waals surface area contributed by atoms with Gasteiger partial charge in [0.05, 0.1) is 16.1 Å². The molecule has 0 aliphatic carbocycles. The number of sulfonamides is 1. The van der Waals surface area contributed by atoms with Gasteiger partial charge in [-0.2, -0.15) is 4.31 Å². The molecule has 110 valence electrons. The zero-order valence-electron chi connectivity index (χ0n) is 10.9. The summed E-state index contributed by atoms with van der Waals surface area (Å²) in [6, 6.07) is 3.63. The van der Waals surface area contributed by atoms with Gasteiger partial charge >= 0.3 is 5.97 Å². The summed E-state index contributed by atoms with van der Waals surface area (Å²) in [5.74, 6) is -1.34. The van der Waals surface area contributed by atoms with Gasteiger partial charge in [0.1, 0.15) is 0 Å². The number of nitrogens with two attached hydrogens (primary N) is 1. The van der Waals surface area contributed by atoms with Gasteiger partial charge in [-0.3, -0.25) is 0 Å². The average molecular weight is 300 g/mol. The van der Waals surface area contributed by atoms with Crippen LogP contribution in [0.15, 0.2) is 23.1 Å². The van der Waals surface area contributed by atoms with E-state index in [9.17, 15) is 18.3 Å². The molecule has 2 rings (SSSR count). The monoisotopic (exact) mass is 300 g/mol. The third-order valence-corrected chi connectivity index (χ3v) is 5.16. The molecule has 0 bridgehead atoms. The van der Waals surface area contributed by atoms with Crippen molar-refractivity contribution in [1.82, 2.24) is 4.31 Å².